The van der Waals surface area contributed by atoms with Crippen LogP contribution in [0.15, 0.2) is 70.7 Å². The van der Waals surface area contributed by atoms with Gasteiger partial charge in [-0.25, -0.2) is 0 Å². The fourth-order valence-corrected chi connectivity index (χ4v) is 4.63. The molecule has 0 aromatic heterocycles. The summed E-state index contributed by atoms with van der Waals surface area (Å²) >= 11 is 0. The first kappa shape index (κ1) is 19.1. The van der Waals surface area contributed by atoms with Crippen LogP contribution >= 0.6 is 0 Å². The van der Waals surface area contributed by atoms with Crippen LogP contribution < -0.4 is 4.74 Å². The van der Waals surface area contributed by atoms with E-state index in [-0.39, 0.29) is 12.0 Å². The largest absolute Gasteiger partial charge is 0.486 e. The highest BCUT2D eigenvalue weighted by molar-refractivity contribution is 5.95. The molecule has 3 aliphatic rings. The summed E-state index contributed by atoms with van der Waals surface area (Å²) < 4.78 is 6.07. The number of aliphatic imine (C=N–C) groups is 1. The van der Waals surface area contributed by atoms with Crippen LogP contribution in [0.5, 0.6) is 5.75 Å². The SMILES string of the molecule is C[C@@H](Oc1ccc(C(=O)N(C2CC2)C2CCC3=C(C=NC3)C2)cc1)c1ccccc1. The van der Waals surface area contributed by atoms with Gasteiger partial charge >= 0.3 is 0 Å². The molecule has 1 saturated carbocycles. The van der Waals surface area contributed by atoms with Crippen molar-refractivity contribution in [3.05, 3.63) is 76.9 Å². The van der Waals surface area contributed by atoms with Crippen LogP contribution in [0.3, 0.4) is 0 Å². The Kier molecular flexibility index (Phi) is 5.16. The standard InChI is InChI=1S/C26H28N2O2/c1-18(19-5-3-2-4-6-19)30-25-13-8-20(9-14-25)26(29)28(23-11-12-23)24-10-7-21-16-27-17-22(21)15-24/h2-6,8-9,13-14,17-18,23-24H,7,10-12,15-16H2,1H3/t18-,24?/m1/s1. The fourth-order valence-electron chi connectivity index (χ4n) is 4.63. The van der Waals surface area contributed by atoms with E-state index in [0.29, 0.717) is 12.1 Å². The molecule has 2 aliphatic carbocycles. The highest BCUT2D eigenvalue weighted by Gasteiger charge is 2.39. The average molecular weight is 401 g/mol. The molecule has 0 N–H and O–H groups in total. The summed E-state index contributed by atoms with van der Waals surface area (Å²) in [5, 5.41) is 0. The van der Waals surface area contributed by atoms with Crippen LogP contribution in [0.25, 0.3) is 0 Å². The predicted octanol–water partition coefficient (Wildman–Crippen LogP) is 5.36. The summed E-state index contributed by atoms with van der Waals surface area (Å²) in [6, 6.07) is 18.5. The smallest absolute Gasteiger partial charge is 0.254 e. The zero-order chi connectivity index (χ0) is 20.5. The number of ether oxygens (including phenoxy) is 1. The van der Waals surface area contributed by atoms with E-state index in [1.54, 1.807) is 0 Å². The number of carbonyl (C=O) groups excluding carboxylic acids is 1. The molecule has 2 atom stereocenters. The second-order valence-electron chi connectivity index (χ2n) is 8.63. The van der Waals surface area contributed by atoms with Crippen LogP contribution in [-0.2, 0) is 0 Å². The van der Waals surface area contributed by atoms with Gasteiger partial charge in [-0.05, 0) is 80.0 Å². The minimum atomic E-state index is -0.0338. The summed E-state index contributed by atoms with van der Waals surface area (Å²) in [6.45, 7) is 2.91. The summed E-state index contributed by atoms with van der Waals surface area (Å²) in [5.74, 6) is 0.944. The molecule has 0 spiro atoms. The Morgan fingerprint density at radius 3 is 2.53 bits per heavy atom. The molecule has 1 fully saturated rings. The van der Waals surface area contributed by atoms with Gasteiger partial charge in [0.25, 0.3) is 5.91 Å². The highest BCUT2D eigenvalue weighted by atomic mass is 16.5. The molecule has 1 unspecified atom stereocenters. The van der Waals surface area contributed by atoms with Gasteiger partial charge in [0.05, 0.1) is 6.54 Å². The Bertz CT molecular complexity index is 974. The van der Waals surface area contributed by atoms with Crippen LogP contribution in [0.4, 0.5) is 0 Å². The van der Waals surface area contributed by atoms with Crippen molar-refractivity contribution in [2.75, 3.05) is 6.54 Å². The van der Waals surface area contributed by atoms with Crippen molar-refractivity contribution in [1.29, 1.82) is 0 Å². The number of carbonyl (C=O) groups is 1. The Hall–Kier alpha value is -2.88. The third-order valence-corrected chi connectivity index (χ3v) is 6.47. The van der Waals surface area contributed by atoms with Crippen LogP contribution in [0.1, 0.15) is 61.1 Å². The number of nitrogens with zero attached hydrogens (tertiary/aromatic N) is 2. The van der Waals surface area contributed by atoms with Gasteiger partial charge in [0.2, 0.25) is 0 Å². The van der Waals surface area contributed by atoms with Gasteiger partial charge in [-0.3, -0.25) is 9.79 Å². The molecule has 0 saturated heterocycles. The molecule has 1 amide bonds. The van der Waals surface area contributed by atoms with E-state index in [1.807, 2.05) is 55.6 Å². The van der Waals surface area contributed by atoms with Gasteiger partial charge in [-0.15, -0.1) is 0 Å². The molecular weight excluding hydrogens is 372 g/mol. The van der Waals surface area contributed by atoms with E-state index >= 15 is 0 Å². The molecule has 2 aromatic rings. The van der Waals surface area contributed by atoms with Gasteiger partial charge in [0.1, 0.15) is 11.9 Å². The first-order chi connectivity index (χ1) is 14.7. The van der Waals surface area contributed by atoms with Crippen LogP contribution in [0.2, 0.25) is 0 Å². The minimum Gasteiger partial charge on any atom is -0.486 e. The lowest BCUT2D eigenvalue weighted by Gasteiger charge is -2.35. The van der Waals surface area contributed by atoms with Gasteiger partial charge < -0.3 is 9.64 Å². The lowest BCUT2D eigenvalue weighted by molar-refractivity contribution is 0.0645. The first-order valence-electron chi connectivity index (χ1n) is 11.0. The van der Waals surface area contributed by atoms with Gasteiger partial charge in [0, 0.05) is 23.9 Å². The summed E-state index contributed by atoms with van der Waals surface area (Å²) in [6.07, 6.45) is 7.32. The Morgan fingerprint density at radius 2 is 1.80 bits per heavy atom. The molecule has 0 bridgehead atoms. The van der Waals surface area contributed by atoms with Crippen molar-refractivity contribution in [2.45, 2.75) is 57.2 Å². The normalized spacial score (nSPS) is 21.3. The van der Waals surface area contributed by atoms with E-state index < -0.39 is 0 Å². The molecule has 154 valence electrons. The highest BCUT2D eigenvalue weighted by Crippen LogP contribution is 2.37. The second kappa shape index (κ2) is 8.10. The van der Waals surface area contributed by atoms with E-state index in [9.17, 15) is 4.79 Å². The Labute approximate surface area is 178 Å². The van der Waals surface area contributed by atoms with Crippen molar-refractivity contribution in [3.63, 3.8) is 0 Å². The van der Waals surface area contributed by atoms with Crippen LogP contribution in [-0.4, -0.2) is 35.7 Å². The molecule has 4 nitrogen and oxygen atoms in total. The van der Waals surface area contributed by atoms with Crippen molar-refractivity contribution >= 4 is 12.1 Å². The van der Waals surface area contributed by atoms with Gasteiger partial charge in [-0.1, -0.05) is 30.3 Å². The first-order valence-corrected chi connectivity index (χ1v) is 11.0. The fraction of sp³-hybridized carbons (Fsp3) is 0.385. The second-order valence-corrected chi connectivity index (χ2v) is 8.63. The average Bonchev–Trinajstić information content (AvgIpc) is 3.50. The maximum atomic E-state index is 13.4. The van der Waals surface area contributed by atoms with Gasteiger partial charge in [0.15, 0.2) is 0 Å². The lowest BCUT2D eigenvalue weighted by atomic mass is 9.88. The number of amides is 1. The Balaban J connectivity index is 1.28. The predicted molar refractivity (Wildman–Crippen MR) is 119 cm³/mol. The minimum absolute atomic E-state index is 0.0338. The Morgan fingerprint density at radius 1 is 1.03 bits per heavy atom. The third kappa shape index (κ3) is 3.91. The zero-order valence-electron chi connectivity index (χ0n) is 17.5. The molecule has 1 aliphatic heterocycles. The molecule has 0 radical (unpaired) electrons. The van der Waals surface area contributed by atoms with E-state index in [4.69, 9.17) is 4.74 Å². The molecule has 5 rings (SSSR count). The topological polar surface area (TPSA) is 41.9 Å². The number of benzene rings is 2. The molecule has 30 heavy (non-hydrogen) atoms. The molecule has 2 aromatic carbocycles. The van der Waals surface area contributed by atoms with Crippen molar-refractivity contribution in [1.82, 2.24) is 4.90 Å². The zero-order valence-corrected chi connectivity index (χ0v) is 17.5. The summed E-state index contributed by atoms with van der Waals surface area (Å²) in [7, 11) is 0. The monoisotopic (exact) mass is 400 g/mol. The maximum Gasteiger partial charge on any atom is 0.254 e. The summed E-state index contributed by atoms with van der Waals surface area (Å²) in [5.41, 5.74) is 4.73. The number of hydrogen-bond acceptors (Lipinski definition) is 3. The van der Waals surface area contributed by atoms with E-state index in [0.717, 1.165) is 55.5 Å². The molecular formula is C26H28N2O2. The molecule has 1 heterocycles. The summed E-state index contributed by atoms with van der Waals surface area (Å²) in [4.78, 5) is 20.0. The van der Waals surface area contributed by atoms with Gasteiger partial charge in [-0.2, -0.15) is 0 Å². The lowest BCUT2D eigenvalue weighted by Crippen LogP contribution is -2.43. The van der Waals surface area contributed by atoms with Crippen molar-refractivity contribution in [2.24, 2.45) is 4.99 Å². The third-order valence-electron chi connectivity index (χ3n) is 6.47. The molecule has 4 heteroatoms. The maximum absolute atomic E-state index is 13.4. The van der Waals surface area contributed by atoms with E-state index in [2.05, 4.69) is 22.0 Å². The van der Waals surface area contributed by atoms with Crippen molar-refractivity contribution < 1.29 is 9.53 Å². The van der Waals surface area contributed by atoms with Crippen LogP contribution in [0, 0.1) is 0 Å². The quantitative estimate of drug-likeness (QED) is 0.655. The number of hydrogen-bond donors (Lipinski definition) is 0. The number of rotatable bonds is 6. The van der Waals surface area contributed by atoms with E-state index in [1.165, 1.54) is 11.1 Å². The van der Waals surface area contributed by atoms with Crippen molar-refractivity contribution in [3.8, 4) is 5.75 Å².